The van der Waals surface area contributed by atoms with Crippen molar-refractivity contribution >= 4 is 5.97 Å². The number of carbonyl (C=O) groups is 1. The summed E-state index contributed by atoms with van der Waals surface area (Å²) in [6.07, 6.45) is -8.18. The van der Waals surface area contributed by atoms with Crippen LogP contribution in [-0.4, -0.2) is 28.9 Å². The molecular formula is C14H17F3O4. The lowest BCUT2D eigenvalue weighted by molar-refractivity contribution is -0.147. The summed E-state index contributed by atoms with van der Waals surface area (Å²) in [6.45, 7) is 3.14. The number of benzene rings is 1. The Morgan fingerprint density at radius 1 is 1.29 bits per heavy atom. The molecule has 0 spiro atoms. The van der Waals surface area contributed by atoms with Gasteiger partial charge in [-0.15, -0.1) is 0 Å². The number of hydrogen-bond donors (Lipinski definition) is 2. The van der Waals surface area contributed by atoms with Crippen LogP contribution in [0, 0.1) is 6.92 Å². The third-order valence-electron chi connectivity index (χ3n) is 2.81. The zero-order valence-electron chi connectivity index (χ0n) is 11.6. The zero-order valence-corrected chi connectivity index (χ0v) is 11.6. The molecule has 2 unspecified atom stereocenters. The van der Waals surface area contributed by atoms with E-state index in [2.05, 4.69) is 4.74 Å². The zero-order chi connectivity index (χ0) is 16.2. The maximum absolute atomic E-state index is 12.7. The fourth-order valence-electron chi connectivity index (χ4n) is 1.87. The van der Waals surface area contributed by atoms with Crippen LogP contribution in [0.5, 0.6) is 0 Å². The van der Waals surface area contributed by atoms with Crippen molar-refractivity contribution in [3.8, 4) is 0 Å². The van der Waals surface area contributed by atoms with Crippen molar-refractivity contribution in [3.63, 3.8) is 0 Å². The summed E-state index contributed by atoms with van der Waals surface area (Å²) >= 11 is 0. The Morgan fingerprint density at radius 2 is 1.90 bits per heavy atom. The number of halogens is 3. The fourth-order valence-corrected chi connectivity index (χ4v) is 1.87. The van der Waals surface area contributed by atoms with E-state index in [1.165, 1.54) is 13.0 Å². The second-order valence-electron chi connectivity index (χ2n) is 4.65. The van der Waals surface area contributed by atoms with E-state index in [0.29, 0.717) is 5.56 Å². The van der Waals surface area contributed by atoms with Gasteiger partial charge in [0.25, 0.3) is 0 Å². The van der Waals surface area contributed by atoms with E-state index < -0.39 is 36.3 Å². The molecule has 0 aliphatic carbocycles. The Bertz CT molecular complexity index is 499. The standard InChI is InChI=1S/C14H17F3O4/c1-3-21-12(19)7-11(18)13(20)9-4-8(2)5-10(6-9)14(15,16)17/h4-6,11,13,18,20H,3,7H2,1-2H3. The van der Waals surface area contributed by atoms with Crippen LogP contribution in [-0.2, 0) is 15.7 Å². The van der Waals surface area contributed by atoms with Gasteiger partial charge in [-0.25, -0.2) is 0 Å². The predicted octanol–water partition coefficient (Wildman–Crippen LogP) is 2.36. The van der Waals surface area contributed by atoms with Crippen LogP contribution in [0.4, 0.5) is 13.2 Å². The van der Waals surface area contributed by atoms with Crippen LogP contribution in [0.3, 0.4) is 0 Å². The smallest absolute Gasteiger partial charge is 0.416 e. The summed E-state index contributed by atoms with van der Waals surface area (Å²) in [5.74, 6) is -0.729. The van der Waals surface area contributed by atoms with Gasteiger partial charge < -0.3 is 14.9 Å². The average molecular weight is 306 g/mol. The number of aryl methyl sites for hydroxylation is 1. The Balaban J connectivity index is 2.94. The molecule has 0 bridgehead atoms. The lowest BCUT2D eigenvalue weighted by Crippen LogP contribution is -2.23. The van der Waals surface area contributed by atoms with Crippen molar-refractivity contribution in [1.82, 2.24) is 0 Å². The molecule has 0 fully saturated rings. The van der Waals surface area contributed by atoms with Gasteiger partial charge >= 0.3 is 12.1 Å². The van der Waals surface area contributed by atoms with Gasteiger partial charge in [-0.2, -0.15) is 13.2 Å². The van der Waals surface area contributed by atoms with Crippen molar-refractivity contribution in [3.05, 3.63) is 34.9 Å². The van der Waals surface area contributed by atoms with E-state index in [9.17, 15) is 28.2 Å². The van der Waals surface area contributed by atoms with Gasteiger partial charge in [0.15, 0.2) is 0 Å². The van der Waals surface area contributed by atoms with Gasteiger partial charge in [-0.05, 0) is 31.5 Å². The molecule has 0 heterocycles. The molecule has 0 radical (unpaired) electrons. The summed E-state index contributed by atoms with van der Waals surface area (Å²) in [5, 5.41) is 19.6. The SMILES string of the molecule is CCOC(=O)CC(O)C(O)c1cc(C)cc(C(F)(F)F)c1. The van der Waals surface area contributed by atoms with Gasteiger partial charge in [-0.1, -0.05) is 11.6 Å². The molecule has 0 saturated carbocycles. The Morgan fingerprint density at radius 3 is 2.43 bits per heavy atom. The molecule has 0 saturated heterocycles. The van der Waals surface area contributed by atoms with E-state index in [1.54, 1.807) is 6.92 Å². The van der Waals surface area contributed by atoms with E-state index in [0.717, 1.165) is 12.1 Å². The van der Waals surface area contributed by atoms with Gasteiger partial charge in [0.05, 0.1) is 24.7 Å². The Labute approximate surface area is 120 Å². The van der Waals surface area contributed by atoms with Gasteiger partial charge in [-0.3, -0.25) is 4.79 Å². The van der Waals surface area contributed by atoms with Crippen LogP contribution >= 0.6 is 0 Å². The van der Waals surface area contributed by atoms with Crippen LogP contribution in [0.25, 0.3) is 0 Å². The first-order chi connectivity index (χ1) is 9.65. The molecule has 4 nitrogen and oxygen atoms in total. The van der Waals surface area contributed by atoms with Crippen LogP contribution in [0.2, 0.25) is 0 Å². The number of esters is 1. The first-order valence-corrected chi connectivity index (χ1v) is 6.35. The van der Waals surface area contributed by atoms with E-state index in [1.807, 2.05) is 0 Å². The van der Waals surface area contributed by atoms with Crippen LogP contribution < -0.4 is 0 Å². The number of alkyl halides is 3. The van der Waals surface area contributed by atoms with Crippen molar-refractivity contribution in [1.29, 1.82) is 0 Å². The molecule has 1 aromatic carbocycles. The maximum Gasteiger partial charge on any atom is 0.416 e. The van der Waals surface area contributed by atoms with Crippen LogP contribution in [0.1, 0.15) is 36.1 Å². The minimum Gasteiger partial charge on any atom is -0.466 e. The summed E-state index contributed by atoms with van der Waals surface area (Å²) in [6, 6.07) is 3.02. The van der Waals surface area contributed by atoms with Gasteiger partial charge in [0.1, 0.15) is 6.10 Å². The lowest BCUT2D eigenvalue weighted by Gasteiger charge is -2.19. The quantitative estimate of drug-likeness (QED) is 0.820. The topological polar surface area (TPSA) is 66.8 Å². The maximum atomic E-state index is 12.7. The van der Waals surface area contributed by atoms with Crippen molar-refractivity contribution in [2.24, 2.45) is 0 Å². The van der Waals surface area contributed by atoms with E-state index in [-0.39, 0.29) is 12.2 Å². The third kappa shape index (κ3) is 5.02. The number of aliphatic hydroxyl groups excluding tert-OH is 2. The molecule has 1 aromatic rings. The van der Waals surface area contributed by atoms with Crippen molar-refractivity contribution in [2.45, 2.75) is 38.7 Å². The summed E-state index contributed by atoms with van der Waals surface area (Å²) < 4.78 is 42.7. The number of carbonyl (C=O) groups excluding carboxylic acids is 1. The molecule has 21 heavy (non-hydrogen) atoms. The fraction of sp³-hybridized carbons (Fsp3) is 0.500. The second-order valence-corrected chi connectivity index (χ2v) is 4.65. The largest absolute Gasteiger partial charge is 0.466 e. The van der Waals surface area contributed by atoms with Crippen molar-refractivity contribution < 1.29 is 32.9 Å². The molecule has 1 rings (SSSR count). The number of ether oxygens (including phenoxy) is 1. The highest BCUT2D eigenvalue weighted by Gasteiger charge is 2.32. The third-order valence-corrected chi connectivity index (χ3v) is 2.81. The highest BCUT2D eigenvalue weighted by Crippen LogP contribution is 2.32. The molecule has 2 N–H and O–H groups in total. The summed E-state index contributed by atoms with van der Waals surface area (Å²) in [7, 11) is 0. The monoisotopic (exact) mass is 306 g/mol. The Kier molecular flexibility index (Phi) is 5.74. The first kappa shape index (κ1) is 17.5. The molecule has 7 heteroatoms. The lowest BCUT2D eigenvalue weighted by atomic mass is 9.97. The molecule has 118 valence electrons. The molecule has 0 aliphatic heterocycles. The second kappa shape index (κ2) is 6.91. The van der Waals surface area contributed by atoms with Gasteiger partial charge in [0.2, 0.25) is 0 Å². The predicted molar refractivity (Wildman–Crippen MR) is 68.4 cm³/mol. The van der Waals surface area contributed by atoms with Crippen molar-refractivity contribution in [2.75, 3.05) is 6.61 Å². The first-order valence-electron chi connectivity index (χ1n) is 6.35. The number of hydrogen-bond acceptors (Lipinski definition) is 4. The number of rotatable bonds is 5. The Hall–Kier alpha value is -1.60. The van der Waals surface area contributed by atoms with Gasteiger partial charge in [0, 0.05) is 0 Å². The molecule has 0 aliphatic rings. The summed E-state index contributed by atoms with van der Waals surface area (Å²) in [4.78, 5) is 11.2. The summed E-state index contributed by atoms with van der Waals surface area (Å²) in [5.41, 5.74) is -0.721. The molecule has 2 atom stereocenters. The minimum absolute atomic E-state index is 0.0980. The molecule has 0 amide bonds. The highest BCUT2D eigenvalue weighted by molar-refractivity contribution is 5.70. The highest BCUT2D eigenvalue weighted by atomic mass is 19.4. The molecule has 0 aromatic heterocycles. The number of aliphatic hydroxyl groups is 2. The molecular weight excluding hydrogens is 289 g/mol. The average Bonchev–Trinajstić information content (AvgIpc) is 2.36. The van der Waals surface area contributed by atoms with E-state index >= 15 is 0 Å². The normalized spacial score (nSPS) is 14.6. The van der Waals surface area contributed by atoms with Crippen LogP contribution in [0.15, 0.2) is 18.2 Å². The van der Waals surface area contributed by atoms with E-state index in [4.69, 9.17) is 0 Å². The minimum atomic E-state index is -4.55.